The van der Waals surface area contributed by atoms with Gasteiger partial charge in [-0.1, -0.05) is 29.8 Å². The third-order valence-corrected chi connectivity index (χ3v) is 2.97. The minimum Gasteiger partial charge on any atom is -0.494 e. The molecule has 2 rings (SSSR count). The van der Waals surface area contributed by atoms with E-state index in [9.17, 15) is 0 Å². The Bertz CT molecular complexity index is 449. The van der Waals surface area contributed by atoms with Gasteiger partial charge in [0.05, 0.1) is 18.3 Å². The van der Waals surface area contributed by atoms with Crippen molar-refractivity contribution >= 4 is 29.1 Å². The Morgan fingerprint density at radius 3 is 2.76 bits per heavy atom. The SMILES string of the molecule is Clc1nsnc1NCCCOc1ccccc1. The summed E-state index contributed by atoms with van der Waals surface area (Å²) >= 11 is 6.89. The molecule has 0 saturated heterocycles. The van der Waals surface area contributed by atoms with Crippen LogP contribution in [0.25, 0.3) is 0 Å². The molecule has 0 radical (unpaired) electrons. The van der Waals surface area contributed by atoms with Crippen molar-refractivity contribution in [1.29, 1.82) is 0 Å². The maximum absolute atomic E-state index is 5.79. The van der Waals surface area contributed by atoms with Crippen molar-refractivity contribution in [3.8, 4) is 5.75 Å². The van der Waals surface area contributed by atoms with Crippen molar-refractivity contribution in [2.75, 3.05) is 18.5 Å². The average molecular weight is 270 g/mol. The monoisotopic (exact) mass is 269 g/mol. The van der Waals surface area contributed by atoms with E-state index >= 15 is 0 Å². The molecule has 0 bridgehead atoms. The molecule has 0 aliphatic carbocycles. The second-order valence-corrected chi connectivity index (χ2v) is 4.23. The van der Waals surface area contributed by atoms with Crippen molar-refractivity contribution < 1.29 is 4.74 Å². The maximum Gasteiger partial charge on any atom is 0.186 e. The average Bonchev–Trinajstić information content (AvgIpc) is 2.76. The zero-order valence-corrected chi connectivity index (χ0v) is 10.7. The van der Waals surface area contributed by atoms with E-state index in [0.717, 1.165) is 30.4 Å². The van der Waals surface area contributed by atoms with Crippen molar-refractivity contribution in [1.82, 2.24) is 8.75 Å². The number of para-hydroxylation sites is 1. The smallest absolute Gasteiger partial charge is 0.186 e. The molecule has 6 heteroatoms. The Morgan fingerprint density at radius 2 is 2.06 bits per heavy atom. The molecule has 0 saturated carbocycles. The summed E-state index contributed by atoms with van der Waals surface area (Å²) in [4.78, 5) is 0. The Kier molecular flexibility index (Phi) is 4.58. The van der Waals surface area contributed by atoms with E-state index in [1.54, 1.807) is 0 Å². The topological polar surface area (TPSA) is 47.0 Å². The fraction of sp³-hybridized carbons (Fsp3) is 0.273. The number of anilines is 1. The van der Waals surface area contributed by atoms with Crippen LogP contribution in [0, 0.1) is 0 Å². The quantitative estimate of drug-likeness (QED) is 0.819. The number of hydrogen-bond acceptors (Lipinski definition) is 5. The molecule has 0 spiro atoms. The van der Waals surface area contributed by atoms with Gasteiger partial charge in [-0.15, -0.1) is 0 Å². The lowest BCUT2D eigenvalue weighted by Gasteiger charge is -2.06. The van der Waals surface area contributed by atoms with Gasteiger partial charge >= 0.3 is 0 Å². The van der Waals surface area contributed by atoms with Crippen LogP contribution in [0.2, 0.25) is 5.15 Å². The fourth-order valence-corrected chi connectivity index (χ4v) is 1.95. The molecule has 0 fully saturated rings. The molecule has 90 valence electrons. The van der Waals surface area contributed by atoms with Crippen molar-refractivity contribution in [2.24, 2.45) is 0 Å². The van der Waals surface area contributed by atoms with Gasteiger partial charge in [-0.2, -0.15) is 8.75 Å². The molecule has 1 aromatic heterocycles. The fourth-order valence-electron chi connectivity index (χ4n) is 1.27. The first-order chi connectivity index (χ1) is 8.36. The van der Waals surface area contributed by atoms with E-state index in [0.29, 0.717) is 17.6 Å². The predicted molar refractivity (Wildman–Crippen MR) is 70.0 cm³/mol. The van der Waals surface area contributed by atoms with Crippen LogP contribution in [0.4, 0.5) is 5.82 Å². The third kappa shape index (κ3) is 3.87. The molecule has 1 aromatic carbocycles. The lowest BCUT2D eigenvalue weighted by atomic mass is 10.3. The van der Waals surface area contributed by atoms with Gasteiger partial charge < -0.3 is 10.1 Å². The van der Waals surface area contributed by atoms with Gasteiger partial charge in [-0.05, 0) is 18.6 Å². The van der Waals surface area contributed by atoms with Crippen LogP contribution < -0.4 is 10.1 Å². The first-order valence-corrected chi connectivity index (χ1v) is 6.37. The second-order valence-electron chi connectivity index (χ2n) is 3.35. The van der Waals surface area contributed by atoms with E-state index in [1.807, 2.05) is 30.3 Å². The van der Waals surface area contributed by atoms with Crippen molar-refractivity contribution in [3.05, 3.63) is 35.5 Å². The number of nitrogens with zero attached hydrogens (tertiary/aromatic N) is 2. The van der Waals surface area contributed by atoms with Gasteiger partial charge in [0.1, 0.15) is 5.75 Å². The standard InChI is InChI=1S/C11H12ClN3OS/c12-10-11(15-17-14-10)13-7-4-8-16-9-5-2-1-3-6-9/h1-3,5-6H,4,7-8H2,(H,13,15). The van der Waals surface area contributed by atoms with E-state index in [2.05, 4.69) is 14.1 Å². The van der Waals surface area contributed by atoms with Gasteiger partial charge in [0.15, 0.2) is 11.0 Å². The highest BCUT2D eigenvalue weighted by Gasteiger charge is 2.02. The van der Waals surface area contributed by atoms with Gasteiger partial charge in [-0.25, -0.2) is 0 Å². The lowest BCUT2D eigenvalue weighted by Crippen LogP contribution is -2.07. The van der Waals surface area contributed by atoms with E-state index in [4.69, 9.17) is 16.3 Å². The number of aromatic nitrogens is 2. The molecular formula is C11H12ClN3OS. The molecule has 2 aromatic rings. The molecule has 0 amide bonds. The van der Waals surface area contributed by atoms with Crippen LogP contribution in [0.3, 0.4) is 0 Å². The van der Waals surface area contributed by atoms with Crippen molar-refractivity contribution in [3.63, 3.8) is 0 Å². The first kappa shape index (κ1) is 12.1. The van der Waals surface area contributed by atoms with Crippen LogP contribution in [-0.4, -0.2) is 21.9 Å². The van der Waals surface area contributed by atoms with E-state index < -0.39 is 0 Å². The molecule has 4 nitrogen and oxygen atoms in total. The Labute approximate surface area is 109 Å². The third-order valence-electron chi connectivity index (χ3n) is 2.07. The minimum atomic E-state index is 0.430. The highest BCUT2D eigenvalue weighted by atomic mass is 35.5. The zero-order valence-electron chi connectivity index (χ0n) is 9.10. The second kappa shape index (κ2) is 6.42. The highest BCUT2D eigenvalue weighted by molar-refractivity contribution is 6.99. The number of benzene rings is 1. The number of nitrogens with one attached hydrogen (secondary N) is 1. The van der Waals surface area contributed by atoms with Crippen LogP contribution in [0.5, 0.6) is 5.75 Å². The normalized spacial score (nSPS) is 10.2. The summed E-state index contributed by atoms with van der Waals surface area (Å²) < 4.78 is 13.4. The summed E-state index contributed by atoms with van der Waals surface area (Å²) in [6.45, 7) is 1.42. The summed E-state index contributed by atoms with van der Waals surface area (Å²) in [5.74, 6) is 1.54. The Hall–Kier alpha value is -1.33. The van der Waals surface area contributed by atoms with E-state index in [-0.39, 0.29) is 0 Å². The van der Waals surface area contributed by atoms with Crippen molar-refractivity contribution in [2.45, 2.75) is 6.42 Å². The maximum atomic E-state index is 5.79. The summed E-state index contributed by atoms with van der Waals surface area (Å²) in [7, 11) is 0. The number of rotatable bonds is 6. The summed E-state index contributed by atoms with van der Waals surface area (Å²) in [6, 6.07) is 9.75. The highest BCUT2D eigenvalue weighted by Crippen LogP contribution is 2.17. The van der Waals surface area contributed by atoms with Gasteiger partial charge in [0.2, 0.25) is 0 Å². The van der Waals surface area contributed by atoms with Crippen LogP contribution in [-0.2, 0) is 0 Å². The lowest BCUT2D eigenvalue weighted by molar-refractivity contribution is 0.315. The summed E-state index contributed by atoms with van der Waals surface area (Å²) in [5.41, 5.74) is 0. The summed E-state index contributed by atoms with van der Waals surface area (Å²) in [6.07, 6.45) is 0.878. The molecule has 0 unspecified atom stereocenters. The molecule has 1 N–H and O–H groups in total. The number of ether oxygens (including phenoxy) is 1. The zero-order chi connectivity index (χ0) is 11.9. The molecule has 0 aliphatic rings. The molecule has 0 atom stereocenters. The van der Waals surface area contributed by atoms with Crippen LogP contribution in [0.1, 0.15) is 6.42 Å². The molecule has 1 heterocycles. The van der Waals surface area contributed by atoms with Gasteiger partial charge in [0.25, 0.3) is 0 Å². The minimum absolute atomic E-state index is 0.430. The van der Waals surface area contributed by atoms with Crippen LogP contribution in [0.15, 0.2) is 30.3 Å². The summed E-state index contributed by atoms with van der Waals surface area (Å²) in [5, 5.41) is 3.53. The van der Waals surface area contributed by atoms with Crippen LogP contribution >= 0.6 is 23.3 Å². The van der Waals surface area contributed by atoms with E-state index in [1.165, 1.54) is 0 Å². The number of halogens is 1. The van der Waals surface area contributed by atoms with Gasteiger partial charge in [-0.3, -0.25) is 0 Å². The molecule has 17 heavy (non-hydrogen) atoms. The largest absolute Gasteiger partial charge is 0.494 e. The predicted octanol–water partition coefficient (Wildman–Crippen LogP) is 3.07. The Morgan fingerprint density at radius 1 is 1.24 bits per heavy atom. The molecule has 0 aliphatic heterocycles. The Balaban J connectivity index is 1.63. The van der Waals surface area contributed by atoms with Gasteiger partial charge in [0, 0.05) is 6.54 Å². The number of hydrogen-bond donors (Lipinski definition) is 1. The first-order valence-electron chi connectivity index (χ1n) is 5.26. The molecular weight excluding hydrogens is 258 g/mol.